The molecule has 3 N–H and O–H groups in total. The van der Waals surface area contributed by atoms with Crippen LogP contribution in [0, 0.1) is 0 Å². The number of hydrogen-bond acceptors (Lipinski definition) is 5. The summed E-state index contributed by atoms with van der Waals surface area (Å²) in [5.74, 6) is 0. The molecule has 0 bridgehead atoms. The third-order valence-electron chi connectivity index (χ3n) is 2.42. The number of nitrogens with one attached hydrogen (secondary N) is 1. The van der Waals surface area contributed by atoms with E-state index in [-0.39, 0.29) is 11.1 Å². The summed E-state index contributed by atoms with van der Waals surface area (Å²) >= 11 is 0. The molecule has 102 valence electrons. The van der Waals surface area contributed by atoms with E-state index in [0.717, 1.165) is 5.56 Å². The highest BCUT2D eigenvalue weighted by Crippen LogP contribution is 2.07. The Kier molecular flexibility index (Phi) is 5.67. The summed E-state index contributed by atoms with van der Waals surface area (Å²) in [4.78, 5) is 3.89. The first kappa shape index (κ1) is 15.0. The van der Waals surface area contributed by atoms with E-state index >= 15 is 0 Å². The van der Waals surface area contributed by atoms with Crippen LogP contribution in [0.2, 0.25) is 0 Å². The van der Waals surface area contributed by atoms with Crippen LogP contribution in [0.4, 0.5) is 0 Å². The molecule has 1 aromatic heterocycles. The summed E-state index contributed by atoms with van der Waals surface area (Å²) < 4.78 is 31.4. The first-order valence-electron chi connectivity index (χ1n) is 5.66. The van der Waals surface area contributed by atoms with Gasteiger partial charge in [-0.1, -0.05) is 6.07 Å². The first-order chi connectivity index (χ1) is 8.49. The molecule has 6 nitrogen and oxygen atoms in total. The second-order valence-electron chi connectivity index (χ2n) is 4.01. The second-order valence-corrected chi connectivity index (χ2v) is 5.67. The van der Waals surface area contributed by atoms with Crippen LogP contribution in [0.1, 0.15) is 18.9 Å². The molecule has 0 aliphatic carbocycles. The van der Waals surface area contributed by atoms with Crippen molar-refractivity contribution in [2.24, 2.45) is 5.73 Å². The zero-order valence-corrected chi connectivity index (χ0v) is 11.4. The lowest BCUT2D eigenvalue weighted by molar-refractivity contribution is 0.188. The van der Waals surface area contributed by atoms with Crippen LogP contribution in [0.15, 0.2) is 23.4 Å². The van der Waals surface area contributed by atoms with Gasteiger partial charge in [0, 0.05) is 32.5 Å². The van der Waals surface area contributed by atoms with Crippen molar-refractivity contribution in [1.29, 1.82) is 0 Å². The fraction of sp³-hybridized carbons (Fsp3) is 0.545. The molecule has 0 spiro atoms. The summed E-state index contributed by atoms with van der Waals surface area (Å²) in [6.45, 7) is 2.62. The van der Waals surface area contributed by atoms with Crippen LogP contribution in [-0.4, -0.2) is 33.2 Å². The van der Waals surface area contributed by atoms with Crippen molar-refractivity contribution in [2.75, 3.05) is 13.7 Å². The predicted octanol–water partition coefficient (Wildman–Crippen LogP) is 0.244. The first-order valence-corrected chi connectivity index (χ1v) is 7.14. The highest BCUT2D eigenvalue weighted by atomic mass is 32.2. The number of methoxy groups -OCH3 is 1. The third-order valence-corrected chi connectivity index (χ3v) is 3.92. The van der Waals surface area contributed by atoms with Gasteiger partial charge in [-0.05, 0) is 25.0 Å². The molecule has 1 unspecified atom stereocenters. The summed E-state index contributed by atoms with van der Waals surface area (Å²) in [7, 11) is -1.99. The largest absolute Gasteiger partial charge is 0.385 e. The number of sulfonamides is 1. The maximum Gasteiger partial charge on any atom is 0.258 e. The molecule has 0 fully saturated rings. The van der Waals surface area contributed by atoms with E-state index in [1.54, 1.807) is 20.1 Å². The molecule has 0 aliphatic heterocycles. The Labute approximate surface area is 108 Å². The molecule has 0 saturated carbocycles. The summed E-state index contributed by atoms with van der Waals surface area (Å²) in [6.07, 6.45) is 2.07. The number of pyridine rings is 1. The van der Waals surface area contributed by atoms with Crippen LogP contribution < -0.4 is 10.5 Å². The van der Waals surface area contributed by atoms with Gasteiger partial charge in [-0.3, -0.25) is 0 Å². The number of ether oxygens (including phenoxy) is 1. The van der Waals surface area contributed by atoms with Crippen LogP contribution in [0.25, 0.3) is 0 Å². The Bertz CT molecular complexity index is 459. The molecule has 0 amide bonds. The maximum absolute atomic E-state index is 12.0. The minimum absolute atomic E-state index is 0.00367. The molecule has 1 rings (SSSR count). The topological polar surface area (TPSA) is 94.3 Å². The summed E-state index contributed by atoms with van der Waals surface area (Å²) in [6, 6.07) is 2.90. The molecule has 0 saturated heterocycles. The van der Waals surface area contributed by atoms with Crippen molar-refractivity contribution in [3.05, 3.63) is 23.9 Å². The van der Waals surface area contributed by atoms with Crippen molar-refractivity contribution < 1.29 is 13.2 Å². The summed E-state index contributed by atoms with van der Waals surface area (Å²) in [5, 5.41) is 0.00367. The van der Waals surface area contributed by atoms with Gasteiger partial charge in [-0.15, -0.1) is 0 Å². The second kappa shape index (κ2) is 6.79. The monoisotopic (exact) mass is 273 g/mol. The van der Waals surface area contributed by atoms with Gasteiger partial charge in [0.1, 0.15) is 0 Å². The SMILES string of the molecule is COCCC(C)NS(=O)(=O)c1ccc(CN)cn1. The van der Waals surface area contributed by atoms with Gasteiger partial charge in [-0.2, -0.15) is 0 Å². The van der Waals surface area contributed by atoms with Gasteiger partial charge < -0.3 is 10.5 Å². The number of nitrogens with zero attached hydrogens (tertiary/aromatic N) is 1. The van der Waals surface area contributed by atoms with E-state index in [9.17, 15) is 8.42 Å². The number of aromatic nitrogens is 1. The smallest absolute Gasteiger partial charge is 0.258 e. The molecule has 0 aliphatic rings. The Hall–Kier alpha value is -1.02. The molecule has 1 atom stereocenters. The predicted molar refractivity (Wildman–Crippen MR) is 68.4 cm³/mol. The van der Waals surface area contributed by atoms with E-state index in [0.29, 0.717) is 19.6 Å². The van der Waals surface area contributed by atoms with Crippen LogP contribution in [0.5, 0.6) is 0 Å². The fourth-order valence-corrected chi connectivity index (χ4v) is 2.58. The molecule has 0 radical (unpaired) electrons. The lowest BCUT2D eigenvalue weighted by atomic mass is 10.3. The Morgan fingerprint density at radius 1 is 1.50 bits per heavy atom. The number of hydrogen-bond donors (Lipinski definition) is 2. The molecule has 1 aromatic rings. The van der Waals surface area contributed by atoms with Gasteiger partial charge >= 0.3 is 0 Å². The minimum atomic E-state index is -3.57. The van der Waals surface area contributed by atoms with Crippen LogP contribution in [0.3, 0.4) is 0 Å². The van der Waals surface area contributed by atoms with E-state index in [1.807, 2.05) is 0 Å². The third kappa shape index (κ3) is 4.34. The van der Waals surface area contributed by atoms with Gasteiger partial charge in [0.15, 0.2) is 5.03 Å². The average Bonchev–Trinajstić information content (AvgIpc) is 2.36. The highest BCUT2D eigenvalue weighted by molar-refractivity contribution is 7.89. The molecular weight excluding hydrogens is 254 g/mol. The van der Waals surface area contributed by atoms with Crippen LogP contribution >= 0.6 is 0 Å². The summed E-state index contributed by atoms with van der Waals surface area (Å²) in [5.41, 5.74) is 6.22. The molecular formula is C11H19N3O3S. The van der Waals surface area contributed by atoms with Gasteiger partial charge in [0.25, 0.3) is 10.0 Å². The zero-order chi connectivity index (χ0) is 13.6. The van der Waals surface area contributed by atoms with E-state index in [2.05, 4.69) is 9.71 Å². The van der Waals surface area contributed by atoms with E-state index < -0.39 is 10.0 Å². The van der Waals surface area contributed by atoms with Crippen molar-refractivity contribution in [2.45, 2.75) is 31.0 Å². The lowest BCUT2D eigenvalue weighted by Gasteiger charge is -2.13. The standard InChI is InChI=1S/C11H19N3O3S/c1-9(5-6-17-2)14-18(15,16)11-4-3-10(7-12)8-13-11/h3-4,8-9,14H,5-7,12H2,1-2H3. The molecule has 0 aromatic carbocycles. The fourth-order valence-electron chi connectivity index (χ4n) is 1.37. The quantitative estimate of drug-likeness (QED) is 0.742. The van der Waals surface area contributed by atoms with Gasteiger partial charge in [0.2, 0.25) is 0 Å². The lowest BCUT2D eigenvalue weighted by Crippen LogP contribution is -2.33. The number of rotatable bonds is 7. The van der Waals surface area contributed by atoms with Crippen molar-refractivity contribution in [1.82, 2.24) is 9.71 Å². The Morgan fingerprint density at radius 2 is 2.22 bits per heavy atom. The Balaban J connectivity index is 2.73. The van der Waals surface area contributed by atoms with Gasteiger partial charge in [-0.25, -0.2) is 18.1 Å². The molecule has 18 heavy (non-hydrogen) atoms. The van der Waals surface area contributed by atoms with Crippen LogP contribution in [-0.2, 0) is 21.3 Å². The van der Waals surface area contributed by atoms with Crippen molar-refractivity contribution in [3.8, 4) is 0 Å². The molecule has 1 heterocycles. The average molecular weight is 273 g/mol. The zero-order valence-electron chi connectivity index (χ0n) is 10.6. The molecule has 7 heteroatoms. The maximum atomic E-state index is 12.0. The number of nitrogens with two attached hydrogens (primary N) is 1. The van der Waals surface area contributed by atoms with E-state index in [1.165, 1.54) is 12.3 Å². The van der Waals surface area contributed by atoms with E-state index in [4.69, 9.17) is 10.5 Å². The van der Waals surface area contributed by atoms with Crippen molar-refractivity contribution >= 4 is 10.0 Å². The normalized spacial score (nSPS) is 13.5. The highest BCUT2D eigenvalue weighted by Gasteiger charge is 2.18. The van der Waals surface area contributed by atoms with Crippen molar-refractivity contribution in [3.63, 3.8) is 0 Å². The Morgan fingerprint density at radius 3 is 2.72 bits per heavy atom. The minimum Gasteiger partial charge on any atom is -0.385 e. The van der Waals surface area contributed by atoms with Gasteiger partial charge in [0.05, 0.1) is 0 Å².